The predicted octanol–water partition coefficient (Wildman–Crippen LogP) is 2.13. The molecule has 5 heteroatoms. The van der Waals surface area contributed by atoms with Crippen molar-refractivity contribution in [1.29, 1.82) is 0 Å². The zero-order chi connectivity index (χ0) is 13.9. The van der Waals surface area contributed by atoms with E-state index in [-0.39, 0.29) is 5.91 Å². The summed E-state index contributed by atoms with van der Waals surface area (Å²) >= 11 is 0. The average Bonchev–Trinajstić information content (AvgIpc) is 2.13. The van der Waals surface area contributed by atoms with E-state index in [1.807, 2.05) is 20.8 Å². The molecule has 5 nitrogen and oxygen atoms in total. The van der Waals surface area contributed by atoms with E-state index in [9.17, 15) is 9.59 Å². The highest BCUT2D eigenvalue weighted by Crippen LogP contribution is 2.18. The van der Waals surface area contributed by atoms with Crippen LogP contribution in [0.4, 0.5) is 16.2 Å². The fourth-order valence-corrected chi connectivity index (χ4v) is 1.48. The van der Waals surface area contributed by atoms with Gasteiger partial charge in [0.1, 0.15) is 0 Å². The first kappa shape index (κ1) is 14.0. The Hall–Kier alpha value is -2.04. The van der Waals surface area contributed by atoms with Crippen LogP contribution in [0, 0.1) is 0 Å². The van der Waals surface area contributed by atoms with E-state index in [1.165, 1.54) is 6.92 Å². The molecule has 0 atom stereocenters. The lowest BCUT2D eigenvalue weighted by molar-refractivity contribution is -0.115. The number of carbonyl (C=O) groups excluding carboxylic acids is 2. The minimum atomic E-state index is -0.458. The maximum Gasteiger partial charge on any atom is 0.329 e. The molecule has 3 N–H and O–H groups in total. The molecule has 0 aliphatic carbocycles. The van der Waals surface area contributed by atoms with E-state index < -0.39 is 11.6 Å². The van der Waals surface area contributed by atoms with Crippen LogP contribution in [0.25, 0.3) is 0 Å². The number of urea groups is 1. The number of nitrogen functional groups attached to an aromatic ring is 1. The molecular weight excluding hydrogens is 230 g/mol. The van der Waals surface area contributed by atoms with Crippen molar-refractivity contribution < 1.29 is 9.59 Å². The first-order chi connectivity index (χ1) is 8.20. The van der Waals surface area contributed by atoms with Crippen molar-refractivity contribution in [3.05, 3.63) is 24.3 Å². The second-order valence-electron chi connectivity index (χ2n) is 5.13. The summed E-state index contributed by atoms with van der Waals surface area (Å²) in [7, 11) is 0. The van der Waals surface area contributed by atoms with Gasteiger partial charge in [-0.15, -0.1) is 0 Å². The average molecular weight is 249 g/mol. The molecule has 0 fully saturated rings. The van der Waals surface area contributed by atoms with Gasteiger partial charge in [0.2, 0.25) is 5.91 Å². The molecule has 1 aromatic carbocycles. The van der Waals surface area contributed by atoms with Crippen molar-refractivity contribution in [1.82, 2.24) is 5.32 Å². The number of nitrogens with two attached hydrogens (primary N) is 1. The Bertz CT molecular complexity index is 464. The Morgan fingerprint density at radius 1 is 1.28 bits per heavy atom. The van der Waals surface area contributed by atoms with Gasteiger partial charge in [-0.3, -0.25) is 4.79 Å². The number of benzene rings is 1. The molecule has 98 valence electrons. The molecule has 1 aromatic rings. The molecule has 0 aliphatic heterocycles. The Morgan fingerprint density at radius 2 is 1.89 bits per heavy atom. The van der Waals surface area contributed by atoms with Gasteiger partial charge in [0.05, 0.1) is 5.69 Å². The molecule has 1 rings (SSSR count). The van der Waals surface area contributed by atoms with Gasteiger partial charge in [-0.25, -0.2) is 9.69 Å². The quantitative estimate of drug-likeness (QED) is 0.749. The van der Waals surface area contributed by atoms with Gasteiger partial charge >= 0.3 is 6.03 Å². The number of nitrogens with one attached hydrogen (secondary N) is 1. The van der Waals surface area contributed by atoms with Gasteiger partial charge in [-0.1, -0.05) is 6.07 Å². The van der Waals surface area contributed by atoms with Crippen LogP contribution in [0.15, 0.2) is 24.3 Å². The normalized spacial score (nSPS) is 10.9. The molecule has 0 radical (unpaired) electrons. The fraction of sp³-hybridized carbons (Fsp3) is 0.385. The Morgan fingerprint density at radius 3 is 2.33 bits per heavy atom. The third kappa shape index (κ3) is 3.76. The van der Waals surface area contributed by atoms with Crippen molar-refractivity contribution in [3.63, 3.8) is 0 Å². The number of anilines is 2. The molecule has 0 heterocycles. The number of hydrogen-bond donors (Lipinski definition) is 2. The number of hydrogen-bond acceptors (Lipinski definition) is 3. The van der Waals surface area contributed by atoms with Gasteiger partial charge in [0.25, 0.3) is 0 Å². The standard InChI is InChI=1S/C13H19N3O2/c1-9(17)16(12(18)15-13(2,3)4)11-7-5-6-10(14)8-11/h5-8H,14H2,1-4H3,(H,15,18). The fourth-order valence-electron chi connectivity index (χ4n) is 1.48. The Labute approximate surface area is 107 Å². The smallest absolute Gasteiger partial charge is 0.329 e. The van der Waals surface area contributed by atoms with E-state index in [0.29, 0.717) is 11.4 Å². The summed E-state index contributed by atoms with van der Waals surface area (Å²) in [6.07, 6.45) is 0. The summed E-state index contributed by atoms with van der Waals surface area (Å²) in [4.78, 5) is 24.7. The SMILES string of the molecule is CC(=O)N(C(=O)NC(C)(C)C)c1cccc(N)c1. The number of carbonyl (C=O) groups is 2. The van der Waals surface area contributed by atoms with Gasteiger partial charge in [-0.2, -0.15) is 0 Å². The zero-order valence-electron chi connectivity index (χ0n) is 11.2. The van der Waals surface area contributed by atoms with Crippen LogP contribution in [0.5, 0.6) is 0 Å². The van der Waals surface area contributed by atoms with E-state index in [2.05, 4.69) is 5.32 Å². The summed E-state index contributed by atoms with van der Waals surface area (Å²) in [6.45, 7) is 6.89. The molecule has 0 aromatic heterocycles. The lowest BCUT2D eigenvalue weighted by atomic mass is 10.1. The Kier molecular flexibility index (Phi) is 3.96. The summed E-state index contributed by atoms with van der Waals surface area (Å²) in [6, 6.07) is 6.19. The minimum absolute atomic E-state index is 0.359. The van der Waals surface area contributed by atoms with Crippen LogP contribution in [-0.4, -0.2) is 17.5 Å². The summed E-state index contributed by atoms with van der Waals surface area (Å²) < 4.78 is 0. The molecule has 3 amide bonds. The number of nitrogens with zero attached hydrogens (tertiary/aromatic N) is 1. The maximum atomic E-state index is 12.1. The molecule has 0 aliphatic rings. The zero-order valence-corrected chi connectivity index (χ0v) is 11.2. The van der Waals surface area contributed by atoms with E-state index >= 15 is 0 Å². The lowest BCUT2D eigenvalue weighted by Gasteiger charge is -2.26. The highest BCUT2D eigenvalue weighted by atomic mass is 16.2. The van der Waals surface area contributed by atoms with Crippen LogP contribution >= 0.6 is 0 Å². The van der Waals surface area contributed by atoms with Crippen LogP contribution in [0.3, 0.4) is 0 Å². The van der Waals surface area contributed by atoms with Crippen LogP contribution < -0.4 is 16.0 Å². The van der Waals surface area contributed by atoms with Crippen LogP contribution in [0.1, 0.15) is 27.7 Å². The highest BCUT2D eigenvalue weighted by Gasteiger charge is 2.24. The Balaban J connectivity index is 3.04. The van der Waals surface area contributed by atoms with Crippen molar-refractivity contribution in [2.45, 2.75) is 33.2 Å². The third-order valence-electron chi connectivity index (χ3n) is 2.13. The molecule has 0 saturated carbocycles. The third-order valence-corrected chi connectivity index (χ3v) is 2.13. The molecule has 18 heavy (non-hydrogen) atoms. The van der Waals surface area contributed by atoms with Crippen LogP contribution in [0.2, 0.25) is 0 Å². The molecule has 0 unspecified atom stereocenters. The first-order valence-electron chi connectivity index (χ1n) is 5.69. The van der Waals surface area contributed by atoms with Crippen LogP contribution in [-0.2, 0) is 4.79 Å². The molecule has 0 saturated heterocycles. The largest absolute Gasteiger partial charge is 0.399 e. The van der Waals surface area contributed by atoms with Gasteiger partial charge in [0.15, 0.2) is 0 Å². The minimum Gasteiger partial charge on any atom is -0.399 e. The van der Waals surface area contributed by atoms with E-state index in [0.717, 1.165) is 4.90 Å². The van der Waals surface area contributed by atoms with Gasteiger partial charge < -0.3 is 11.1 Å². The second-order valence-corrected chi connectivity index (χ2v) is 5.13. The van der Waals surface area contributed by atoms with Gasteiger partial charge in [0, 0.05) is 18.2 Å². The first-order valence-corrected chi connectivity index (χ1v) is 5.69. The number of imide groups is 1. The van der Waals surface area contributed by atoms with E-state index in [4.69, 9.17) is 5.73 Å². The van der Waals surface area contributed by atoms with Crippen molar-refractivity contribution >= 4 is 23.3 Å². The van der Waals surface area contributed by atoms with Crippen molar-refractivity contribution in [2.24, 2.45) is 0 Å². The lowest BCUT2D eigenvalue weighted by Crippen LogP contribution is -2.50. The predicted molar refractivity (Wildman–Crippen MR) is 72.3 cm³/mol. The highest BCUT2D eigenvalue weighted by molar-refractivity contribution is 6.13. The maximum absolute atomic E-state index is 12.1. The summed E-state index contributed by atoms with van der Waals surface area (Å²) in [5.74, 6) is -0.359. The number of amides is 3. The second kappa shape index (κ2) is 5.08. The van der Waals surface area contributed by atoms with E-state index in [1.54, 1.807) is 24.3 Å². The molecular formula is C13H19N3O2. The summed E-state index contributed by atoms with van der Waals surface area (Å²) in [5.41, 5.74) is 6.21. The summed E-state index contributed by atoms with van der Waals surface area (Å²) in [5, 5.41) is 2.74. The monoisotopic (exact) mass is 249 g/mol. The van der Waals surface area contributed by atoms with Crippen molar-refractivity contribution in [2.75, 3.05) is 10.6 Å². The number of rotatable bonds is 1. The van der Waals surface area contributed by atoms with Gasteiger partial charge in [-0.05, 0) is 39.0 Å². The van der Waals surface area contributed by atoms with Crippen molar-refractivity contribution in [3.8, 4) is 0 Å². The molecule has 0 bridgehead atoms. The topological polar surface area (TPSA) is 75.4 Å². The molecule has 0 spiro atoms.